The van der Waals surface area contributed by atoms with E-state index in [9.17, 15) is 8.42 Å². The molecule has 1 aromatic carbocycles. The van der Waals surface area contributed by atoms with Crippen molar-refractivity contribution in [1.82, 2.24) is 9.97 Å². The van der Waals surface area contributed by atoms with E-state index in [1.165, 1.54) is 13.2 Å². The number of aromatic nitrogens is 2. The summed E-state index contributed by atoms with van der Waals surface area (Å²) in [7, 11) is -2.40. The Hall–Kier alpha value is -2.35. The molecule has 0 unspecified atom stereocenters. The van der Waals surface area contributed by atoms with Gasteiger partial charge in [-0.3, -0.25) is 0 Å². The number of methoxy groups -OCH3 is 1. The molecule has 0 aliphatic heterocycles. The Bertz CT molecular complexity index is 848. The minimum Gasteiger partial charge on any atom is -0.496 e. The molecule has 8 heteroatoms. The van der Waals surface area contributed by atoms with Crippen molar-refractivity contribution < 1.29 is 13.2 Å². The fraction of sp³-hybridized carbons (Fsp3) is 0.333. The number of hydrogen-bond acceptors (Lipinski definition) is 7. The molecule has 0 saturated heterocycles. The maximum Gasteiger partial charge on any atom is 0.221 e. The number of sulfone groups is 1. The summed E-state index contributed by atoms with van der Waals surface area (Å²) < 4.78 is 31.3. The monoisotopic (exact) mass is 336 g/mol. The number of ether oxygens (including phenoxy) is 1. The molecule has 0 bridgehead atoms. The second kappa shape index (κ2) is 6.04. The van der Waals surface area contributed by atoms with E-state index >= 15 is 0 Å². The number of hydrogen-bond donors (Lipinski definition) is 2. The Morgan fingerprint density at radius 2 is 1.83 bits per heavy atom. The number of nitrogens with zero attached hydrogens (tertiary/aromatic N) is 2. The van der Waals surface area contributed by atoms with E-state index in [0.29, 0.717) is 11.3 Å². The number of nitrogens with two attached hydrogens (primary N) is 2. The van der Waals surface area contributed by atoms with Crippen molar-refractivity contribution in [2.24, 2.45) is 0 Å². The summed E-state index contributed by atoms with van der Waals surface area (Å²) in [5, 5.41) is 0. The summed E-state index contributed by atoms with van der Waals surface area (Å²) in [6.45, 7) is 5.70. The van der Waals surface area contributed by atoms with Gasteiger partial charge in [-0.15, -0.1) is 0 Å². The maximum absolute atomic E-state index is 13.0. The van der Waals surface area contributed by atoms with Crippen molar-refractivity contribution >= 4 is 21.6 Å². The van der Waals surface area contributed by atoms with Gasteiger partial charge in [0.25, 0.3) is 0 Å². The van der Waals surface area contributed by atoms with Crippen LogP contribution in [0.4, 0.5) is 11.8 Å². The van der Waals surface area contributed by atoms with Crippen LogP contribution in [0.5, 0.6) is 5.75 Å². The van der Waals surface area contributed by atoms with Gasteiger partial charge >= 0.3 is 0 Å². The normalized spacial score (nSPS) is 11.7. The highest BCUT2D eigenvalue weighted by atomic mass is 32.2. The predicted octanol–water partition coefficient (Wildman–Crippen LogP) is 1.91. The molecule has 1 aromatic heterocycles. The van der Waals surface area contributed by atoms with E-state index in [0.717, 1.165) is 11.8 Å². The number of nitrogen functional groups attached to an aromatic ring is 2. The molecule has 2 aromatic rings. The minimum atomic E-state index is -3.90. The zero-order valence-electron chi connectivity index (χ0n) is 13.5. The molecule has 0 radical (unpaired) electrons. The Labute approximate surface area is 135 Å². The lowest BCUT2D eigenvalue weighted by atomic mass is 10.0. The highest BCUT2D eigenvalue weighted by molar-refractivity contribution is 7.91. The molecule has 1 heterocycles. The lowest BCUT2D eigenvalue weighted by Crippen LogP contribution is -2.12. The molecule has 23 heavy (non-hydrogen) atoms. The van der Waals surface area contributed by atoms with Crippen molar-refractivity contribution in [2.45, 2.75) is 36.5 Å². The Morgan fingerprint density at radius 1 is 1.17 bits per heavy atom. The van der Waals surface area contributed by atoms with Crippen LogP contribution in [0, 0.1) is 6.92 Å². The average Bonchev–Trinajstić information content (AvgIpc) is 2.46. The molecule has 0 amide bonds. The maximum atomic E-state index is 13.0. The smallest absolute Gasteiger partial charge is 0.221 e. The Balaban J connectivity index is 2.77. The first-order valence-corrected chi connectivity index (χ1v) is 8.48. The molecule has 2 rings (SSSR count). The van der Waals surface area contributed by atoms with Crippen LogP contribution >= 0.6 is 0 Å². The largest absolute Gasteiger partial charge is 0.496 e. The van der Waals surface area contributed by atoms with Crippen LogP contribution in [-0.2, 0) is 9.84 Å². The zero-order chi connectivity index (χ0) is 17.4. The number of aryl methyl sites for hydroxylation is 1. The molecule has 0 atom stereocenters. The fourth-order valence-electron chi connectivity index (χ4n) is 2.32. The van der Waals surface area contributed by atoms with Crippen LogP contribution in [0.1, 0.15) is 30.9 Å². The third-order valence-electron chi connectivity index (χ3n) is 3.53. The Kier molecular flexibility index (Phi) is 4.46. The number of benzene rings is 1. The molecule has 7 nitrogen and oxygen atoms in total. The van der Waals surface area contributed by atoms with Gasteiger partial charge in [0, 0.05) is 0 Å². The molecular formula is C15H20N4O3S. The van der Waals surface area contributed by atoms with Crippen molar-refractivity contribution in [3.63, 3.8) is 0 Å². The molecule has 0 spiro atoms. The van der Waals surface area contributed by atoms with E-state index in [2.05, 4.69) is 9.97 Å². The highest BCUT2D eigenvalue weighted by Gasteiger charge is 2.27. The summed E-state index contributed by atoms with van der Waals surface area (Å²) in [6.07, 6.45) is 1.13. The van der Waals surface area contributed by atoms with Gasteiger partial charge in [-0.05, 0) is 30.0 Å². The van der Waals surface area contributed by atoms with Crippen LogP contribution in [-0.4, -0.2) is 25.5 Å². The molecule has 0 saturated carbocycles. The lowest BCUT2D eigenvalue weighted by Gasteiger charge is -2.17. The topological polar surface area (TPSA) is 121 Å². The van der Waals surface area contributed by atoms with Gasteiger partial charge in [0.15, 0.2) is 0 Å². The van der Waals surface area contributed by atoms with E-state index in [1.54, 1.807) is 0 Å². The minimum absolute atomic E-state index is 0.000283. The van der Waals surface area contributed by atoms with Crippen LogP contribution in [0.3, 0.4) is 0 Å². The van der Waals surface area contributed by atoms with Gasteiger partial charge in [-0.25, -0.2) is 13.4 Å². The molecular weight excluding hydrogens is 316 g/mol. The molecule has 0 aliphatic rings. The van der Waals surface area contributed by atoms with E-state index in [-0.39, 0.29) is 27.5 Å². The second-order valence-electron chi connectivity index (χ2n) is 5.50. The lowest BCUT2D eigenvalue weighted by molar-refractivity contribution is 0.410. The van der Waals surface area contributed by atoms with E-state index in [4.69, 9.17) is 16.2 Å². The fourth-order valence-corrected chi connectivity index (χ4v) is 3.94. The van der Waals surface area contributed by atoms with Gasteiger partial charge in [-0.1, -0.05) is 19.9 Å². The first-order chi connectivity index (χ1) is 10.7. The number of anilines is 2. The second-order valence-corrected chi connectivity index (χ2v) is 7.38. The molecule has 4 N–H and O–H groups in total. The molecule has 0 fully saturated rings. The zero-order valence-corrected chi connectivity index (χ0v) is 14.3. The van der Waals surface area contributed by atoms with Gasteiger partial charge in [0.1, 0.15) is 16.5 Å². The average molecular weight is 336 g/mol. The van der Waals surface area contributed by atoms with Crippen molar-refractivity contribution in [2.75, 3.05) is 18.6 Å². The summed E-state index contributed by atoms with van der Waals surface area (Å²) >= 11 is 0. The van der Waals surface area contributed by atoms with Crippen LogP contribution in [0.25, 0.3) is 0 Å². The molecule has 124 valence electrons. The van der Waals surface area contributed by atoms with Crippen molar-refractivity contribution in [1.29, 1.82) is 0 Å². The third kappa shape index (κ3) is 3.07. The van der Waals surface area contributed by atoms with Gasteiger partial charge in [0.05, 0.1) is 18.2 Å². The first kappa shape index (κ1) is 17.0. The van der Waals surface area contributed by atoms with Crippen molar-refractivity contribution in [3.05, 3.63) is 29.5 Å². The predicted molar refractivity (Wildman–Crippen MR) is 88.1 cm³/mol. The van der Waals surface area contributed by atoms with Crippen LogP contribution < -0.4 is 16.2 Å². The van der Waals surface area contributed by atoms with Gasteiger partial charge < -0.3 is 16.2 Å². The van der Waals surface area contributed by atoms with Gasteiger partial charge in [0.2, 0.25) is 15.8 Å². The standard InChI is InChI=1S/C15H20N4O3S/c1-8(2)10-5-9(3)11(22-4)6-12(10)23(20,21)13-7-18-15(17)19-14(13)16/h5-8H,1-4H3,(H4,16,17,18,19). The SMILES string of the molecule is COc1cc(S(=O)(=O)c2cnc(N)nc2N)c(C(C)C)cc1C. The van der Waals surface area contributed by atoms with E-state index < -0.39 is 9.84 Å². The van der Waals surface area contributed by atoms with Crippen LogP contribution in [0.15, 0.2) is 28.1 Å². The van der Waals surface area contributed by atoms with Crippen molar-refractivity contribution in [3.8, 4) is 5.75 Å². The van der Waals surface area contributed by atoms with Gasteiger partial charge in [-0.2, -0.15) is 4.98 Å². The quantitative estimate of drug-likeness (QED) is 0.874. The first-order valence-electron chi connectivity index (χ1n) is 7.00. The third-order valence-corrected chi connectivity index (χ3v) is 5.36. The summed E-state index contributed by atoms with van der Waals surface area (Å²) in [5.74, 6) is 0.238. The molecule has 0 aliphatic carbocycles. The number of rotatable bonds is 4. The highest BCUT2D eigenvalue weighted by Crippen LogP contribution is 2.35. The Morgan fingerprint density at radius 3 is 2.35 bits per heavy atom. The van der Waals surface area contributed by atoms with E-state index in [1.807, 2.05) is 26.8 Å². The summed E-state index contributed by atoms with van der Waals surface area (Å²) in [6, 6.07) is 3.32. The summed E-state index contributed by atoms with van der Waals surface area (Å²) in [4.78, 5) is 7.44. The van der Waals surface area contributed by atoms with Crippen LogP contribution in [0.2, 0.25) is 0 Å². The summed E-state index contributed by atoms with van der Waals surface area (Å²) in [5.41, 5.74) is 12.7.